The van der Waals surface area contributed by atoms with Crippen LogP contribution in [-0.4, -0.2) is 0 Å². The van der Waals surface area contributed by atoms with Gasteiger partial charge in [0.1, 0.15) is 5.82 Å². The lowest BCUT2D eigenvalue weighted by Gasteiger charge is -2.22. The van der Waals surface area contributed by atoms with Crippen LogP contribution in [0.3, 0.4) is 0 Å². The Hall–Kier alpha value is -1.08. The van der Waals surface area contributed by atoms with Crippen LogP contribution in [0.1, 0.15) is 29.3 Å². The Morgan fingerprint density at radius 1 is 1.19 bits per heavy atom. The molecule has 0 aliphatic heterocycles. The van der Waals surface area contributed by atoms with Crippen molar-refractivity contribution in [1.29, 1.82) is 0 Å². The van der Waals surface area contributed by atoms with E-state index in [2.05, 4.69) is 0 Å². The molecule has 0 bridgehead atoms. The molecule has 0 radical (unpaired) electrons. The fraction of sp³-hybridized carbons (Fsp3) is 0.286. The molecule has 3 rings (SSSR count). The van der Waals surface area contributed by atoms with Gasteiger partial charge in [-0.25, -0.2) is 4.39 Å². The first kappa shape index (κ1) is 10.1. The van der Waals surface area contributed by atoms with Crippen LogP contribution < -0.4 is 0 Å². The number of hydrogen-bond acceptors (Lipinski definition) is 0. The van der Waals surface area contributed by atoms with Crippen LogP contribution in [0.25, 0.3) is 10.8 Å². The van der Waals surface area contributed by atoms with Crippen molar-refractivity contribution in [3.63, 3.8) is 0 Å². The number of fused-ring (bicyclic) bond motifs is 3. The van der Waals surface area contributed by atoms with Gasteiger partial charge in [0.05, 0.1) is 5.38 Å². The van der Waals surface area contributed by atoms with Gasteiger partial charge in [0.25, 0.3) is 0 Å². The summed E-state index contributed by atoms with van der Waals surface area (Å²) in [6, 6.07) is 9.28. The number of rotatable bonds is 0. The van der Waals surface area contributed by atoms with Crippen LogP contribution >= 0.6 is 11.6 Å². The van der Waals surface area contributed by atoms with Gasteiger partial charge in [0, 0.05) is 5.39 Å². The van der Waals surface area contributed by atoms with Crippen LogP contribution in [0, 0.1) is 5.82 Å². The minimum Gasteiger partial charge on any atom is -0.206 e. The van der Waals surface area contributed by atoms with E-state index in [1.165, 1.54) is 5.56 Å². The Balaban J connectivity index is 2.38. The molecule has 2 aromatic rings. The molecule has 0 nitrogen and oxygen atoms in total. The molecule has 0 N–H and O–H groups in total. The van der Waals surface area contributed by atoms with Gasteiger partial charge in [0.15, 0.2) is 0 Å². The maximum atomic E-state index is 13.9. The molecule has 2 heteroatoms. The lowest BCUT2D eigenvalue weighted by molar-refractivity contribution is 0.623. The van der Waals surface area contributed by atoms with Gasteiger partial charge in [-0.1, -0.05) is 24.3 Å². The van der Waals surface area contributed by atoms with E-state index in [0.717, 1.165) is 30.2 Å². The van der Waals surface area contributed by atoms with Crippen LogP contribution in [-0.2, 0) is 6.42 Å². The lowest BCUT2D eigenvalue weighted by Crippen LogP contribution is -2.07. The Kier molecular flexibility index (Phi) is 2.36. The van der Waals surface area contributed by atoms with Crippen molar-refractivity contribution in [1.82, 2.24) is 0 Å². The lowest BCUT2D eigenvalue weighted by atomic mass is 9.87. The summed E-state index contributed by atoms with van der Waals surface area (Å²) >= 11 is 6.25. The van der Waals surface area contributed by atoms with Gasteiger partial charge in [-0.15, -0.1) is 11.6 Å². The zero-order valence-electron chi connectivity index (χ0n) is 8.84. The molecule has 82 valence electrons. The summed E-state index contributed by atoms with van der Waals surface area (Å²) in [5, 5.41) is 1.72. The van der Waals surface area contributed by atoms with Crippen LogP contribution in [0.5, 0.6) is 0 Å². The SMILES string of the molecule is Fc1cc2c(c3ccccc13)CCCC2Cl. The second-order valence-electron chi connectivity index (χ2n) is 4.33. The van der Waals surface area contributed by atoms with E-state index in [1.807, 2.05) is 24.3 Å². The van der Waals surface area contributed by atoms with Crippen molar-refractivity contribution in [2.24, 2.45) is 0 Å². The maximum absolute atomic E-state index is 13.9. The third kappa shape index (κ3) is 1.42. The summed E-state index contributed by atoms with van der Waals surface area (Å²) in [5.74, 6) is -0.151. The summed E-state index contributed by atoms with van der Waals surface area (Å²) < 4.78 is 13.9. The van der Waals surface area contributed by atoms with E-state index < -0.39 is 0 Å². The largest absolute Gasteiger partial charge is 0.206 e. The van der Waals surface area contributed by atoms with Crippen molar-refractivity contribution in [3.8, 4) is 0 Å². The molecule has 0 aromatic heterocycles. The highest BCUT2D eigenvalue weighted by atomic mass is 35.5. The predicted octanol–water partition coefficient (Wildman–Crippen LogP) is 4.60. The van der Waals surface area contributed by atoms with Crippen molar-refractivity contribution in [3.05, 3.63) is 47.3 Å². The van der Waals surface area contributed by atoms with Gasteiger partial charge in [-0.2, -0.15) is 0 Å². The summed E-state index contributed by atoms with van der Waals surface area (Å²) in [6.07, 6.45) is 3.06. The van der Waals surface area contributed by atoms with E-state index in [1.54, 1.807) is 6.07 Å². The third-order valence-corrected chi connectivity index (χ3v) is 3.82. The van der Waals surface area contributed by atoms with E-state index in [4.69, 9.17) is 11.6 Å². The van der Waals surface area contributed by atoms with Gasteiger partial charge in [0.2, 0.25) is 0 Å². The standard InChI is InChI=1S/C14H12ClF/c15-13-7-3-6-10-9-4-1-2-5-11(9)14(16)8-12(10)13/h1-2,4-5,8,13H,3,6-7H2. The topological polar surface area (TPSA) is 0 Å². The first-order valence-corrected chi connectivity index (χ1v) is 6.05. The molecule has 1 unspecified atom stereocenters. The molecule has 0 saturated heterocycles. The first-order valence-electron chi connectivity index (χ1n) is 5.61. The van der Waals surface area contributed by atoms with Gasteiger partial charge in [-0.3, -0.25) is 0 Å². The molecule has 1 atom stereocenters. The van der Waals surface area contributed by atoms with E-state index in [0.29, 0.717) is 5.39 Å². The molecule has 1 aliphatic carbocycles. The Labute approximate surface area is 99.0 Å². The molecule has 0 fully saturated rings. The first-order chi connectivity index (χ1) is 7.77. The number of benzene rings is 2. The number of hydrogen-bond donors (Lipinski definition) is 0. The maximum Gasteiger partial charge on any atom is 0.131 e. The molecule has 2 aromatic carbocycles. The number of halogens is 2. The molecule has 0 heterocycles. The van der Waals surface area contributed by atoms with Gasteiger partial charge in [-0.05, 0) is 41.8 Å². The van der Waals surface area contributed by atoms with Gasteiger partial charge < -0.3 is 0 Å². The molecule has 0 amide bonds. The fourth-order valence-electron chi connectivity index (χ4n) is 2.58. The van der Waals surface area contributed by atoms with Crippen molar-refractivity contribution in [2.75, 3.05) is 0 Å². The minimum atomic E-state index is -0.151. The highest BCUT2D eigenvalue weighted by molar-refractivity contribution is 6.21. The minimum absolute atomic E-state index is 0.0251. The summed E-state index contributed by atoms with van der Waals surface area (Å²) in [7, 11) is 0. The molecular formula is C14H12ClF. The number of alkyl halides is 1. The predicted molar refractivity (Wildman–Crippen MR) is 65.4 cm³/mol. The quantitative estimate of drug-likeness (QED) is 0.585. The molecule has 0 spiro atoms. The van der Waals surface area contributed by atoms with Crippen LogP contribution in [0.4, 0.5) is 4.39 Å². The Morgan fingerprint density at radius 2 is 1.94 bits per heavy atom. The zero-order valence-corrected chi connectivity index (χ0v) is 9.60. The molecule has 0 saturated carbocycles. The zero-order chi connectivity index (χ0) is 11.1. The van der Waals surface area contributed by atoms with Crippen molar-refractivity contribution < 1.29 is 4.39 Å². The van der Waals surface area contributed by atoms with Crippen LogP contribution in [0.2, 0.25) is 0 Å². The highest BCUT2D eigenvalue weighted by Crippen LogP contribution is 2.39. The highest BCUT2D eigenvalue weighted by Gasteiger charge is 2.21. The fourth-order valence-corrected chi connectivity index (χ4v) is 2.93. The molecule has 16 heavy (non-hydrogen) atoms. The average molecular weight is 235 g/mol. The molecule has 1 aliphatic rings. The Bertz CT molecular complexity index is 548. The monoisotopic (exact) mass is 234 g/mol. The second-order valence-corrected chi connectivity index (χ2v) is 4.86. The Morgan fingerprint density at radius 3 is 2.75 bits per heavy atom. The van der Waals surface area contributed by atoms with Crippen molar-refractivity contribution >= 4 is 22.4 Å². The van der Waals surface area contributed by atoms with E-state index >= 15 is 0 Å². The number of aryl methyl sites for hydroxylation is 1. The van der Waals surface area contributed by atoms with Gasteiger partial charge >= 0.3 is 0 Å². The second kappa shape index (κ2) is 3.74. The molecular weight excluding hydrogens is 223 g/mol. The average Bonchev–Trinajstić information content (AvgIpc) is 2.31. The third-order valence-electron chi connectivity index (χ3n) is 3.36. The van der Waals surface area contributed by atoms with Crippen molar-refractivity contribution in [2.45, 2.75) is 24.6 Å². The summed E-state index contributed by atoms with van der Waals surface area (Å²) in [4.78, 5) is 0. The van der Waals surface area contributed by atoms with Crippen LogP contribution in [0.15, 0.2) is 30.3 Å². The van der Waals surface area contributed by atoms with E-state index in [-0.39, 0.29) is 11.2 Å². The summed E-state index contributed by atoms with van der Waals surface area (Å²) in [6.45, 7) is 0. The van der Waals surface area contributed by atoms with E-state index in [9.17, 15) is 4.39 Å². The summed E-state index contributed by atoms with van der Waals surface area (Å²) in [5.41, 5.74) is 2.23. The normalized spacial score (nSPS) is 19.8. The smallest absolute Gasteiger partial charge is 0.131 e.